The minimum Gasteiger partial charge on any atom is -0.357 e. The molecule has 1 fully saturated rings. The van der Waals surface area contributed by atoms with Gasteiger partial charge < -0.3 is 15.1 Å². The second-order valence-electron chi connectivity index (χ2n) is 5.70. The van der Waals surface area contributed by atoms with Crippen LogP contribution in [0.1, 0.15) is 13.8 Å². The Morgan fingerprint density at radius 3 is 2.81 bits per heavy atom. The zero-order chi connectivity index (χ0) is 15.2. The molecule has 0 spiro atoms. The van der Waals surface area contributed by atoms with Crippen molar-refractivity contribution in [1.82, 2.24) is 14.9 Å². The fraction of sp³-hybridized carbons (Fsp3) is 0.500. The molecule has 1 aliphatic heterocycles. The van der Waals surface area contributed by atoms with Gasteiger partial charge in [0.1, 0.15) is 16.2 Å². The molecule has 1 saturated heterocycles. The van der Waals surface area contributed by atoms with E-state index in [9.17, 15) is 4.79 Å². The number of fused-ring (bicyclic) bond motifs is 1. The van der Waals surface area contributed by atoms with Crippen molar-refractivity contribution >= 4 is 39.2 Å². The topological polar surface area (TPSA) is 61.4 Å². The number of amides is 1. The lowest BCUT2D eigenvalue weighted by Gasteiger charge is -2.45. The Bertz CT molecular complexity index is 696. The van der Waals surface area contributed by atoms with Gasteiger partial charge in [-0.3, -0.25) is 4.79 Å². The van der Waals surface area contributed by atoms with Crippen LogP contribution in [0, 0.1) is 0 Å². The molecule has 0 unspecified atom stereocenters. The van der Waals surface area contributed by atoms with Gasteiger partial charge in [-0.15, -0.1) is 11.3 Å². The second kappa shape index (κ2) is 4.84. The highest BCUT2D eigenvalue weighted by Crippen LogP contribution is 2.34. The minimum absolute atomic E-state index is 0.113. The van der Waals surface area contributed by atoms with Gasteiger partial charge in [0.25, 0.3) is 0 Å². The average molecular weight is 305 g/mol. The fourth-order valence-corrected chi connectivity index (χ4v) is 3.50. The molecule has 1 amide bonds. The summed E-state index contributed by atoms with van der Waals surface area (Å²) >= 11 is 1.58. The number of nitrogens with zero attached hydrogens (tertiary/aromatic N) is 4. The van der Waals surface area contributed by atoms with Crippen molar-refractivity contribution in [3.63, 3.8) is 0 Å². The van der Waals surface area contributed by atoms with Crippen LogP contribution in [-0.2, 0) is 4.79 Å². The summed E-state index contributed by atoms with van der Waals surface area (Å²) in [7, 11) is 3.65. The van der Waals surface area contributed by atoms with Crippen molar-refractivity contribution < 1.29 is 4.79 Å². The summed E-state index contributed by atoms with van der Waals surface area (Å²) in [6.45, 7) is 5.36. The molecule has 0 aliphatic carbocycles. The van der Waals surface area contributed by atoms with Crippen molar-refractivity contribution in [3.8, 4) is 0 Å². The van der Waals surface area contributed by atoms with E-state index in [1.54, 1.807) is 23.3 Å². The Kier molecular flexibility index (Phi) is 3.24. The molecule has 6 nitrogen and oxygen atoms in total. The van der Waals surface area contributed by atoms with Gasteiger partial charge in [-0.2, -0.15) is 4.98 Å². The van der Waals surface area contributed by atoms with Crippen LogP contribution in [0.3, 0.4) is 0 Å². The van der Waals surface area contributed by atoms with Gasteiger partial charge in [0.15, 0.2) is 0 Å². The van der Waals surface area contributed by atoms with Crippen LogP contribution in [-0.4, -0.2) is 53.5 Å². The summed E-state index contributed by atoms with van der Waals surface area (Å²) < 4.78 is 0. The number of rotatable bonds is 2. The lowest BCUT2D eigenvalue weighted by Crippen LogP contribution is -2.62. The van der Waals surface area contributed by atoms with Crippen LogP contribution >= 0.6 is 11.3 Å². The maximum atomic E-state index is 12.5. The fourth-order valence-electron chi connectivity index (χ4n) is 2.74. The van der Waals surface area contributed by atoms with Crippen molar-refractivity contribution in [2.24, 2.45) is 0 Å². The standard InChI is InChI=1S/C14H19N5OS/c1-14(2)12(20)18(4)6-7-19(14)10-9-5-8-21-11(9)17-13(15-3)16-10/h5,8H,6-7H2,1-4H3,(H,15,16,17). The summed E-state index contributed by atoms with van der Waals surface area (Å²) in [6, 6.07) is 2.02. The number of carbonyl (C=O) groups excluding carboxylic acids is 1. The molecule has 21 heavy (non-hydrogen) atoms. The lowest BCUT2D eigenvalue weighted by atomic mass is 9.97. The van der Waals surface area contributed by atoms with Crippen LogP contribution < -0.4 is 10.2 Å². The average Bonchev–Trinajstić information content (AvgIpc) is 2.92. The molecule has 0 aromatic carbocycles. The summed E-state index contributed by atoms with van der Waals surface area (Å²) in [6.07, 6.45) is 0. The molecule has 2 aromatic heterocycles. The molecule has 3 rings (SSSR count). The van der Waals surface area contributed by atoms with E-state index in [4.69, 9.17) is 0 Å². The van der Waals surface area contributed by atoms with Crippen LogP contribution in [0.5, 0.6) is 0 Å². The van der Waals surface area contributed by atoms with E-state index in [1.807, 2.05) is 32.3 Å². The maximum absolute atomic E-state index is 12.5. The highest BCUT2D eigenvalue weighted by molar-refractivity contribution is 7.16. The highest BCUT2D eigenvalue weighted by Gasteiger charge is 2.41. The van der Waals surface area contributed by atoms with Crippen LogP contribution in [0.25, 0.3) is 10.2 Å². The lowest BCUT2D eigenvalue weighted by molar-refractivity contribution is -0.136. The summed E-state index contributed by atoms with van der Waals surface area (Å²) in [5.74, 6) is 1.53. The molecule has 1 aliphatic rings. The van der Waals surface area contributed by atoms with E-state index in [-0.39, 0.29) is 5.91 Å². The number of piperazine rings is 1. The number of thiophene rings is 1. The van der Waals surface area contributed by atoms with Crippen molar-refractivity contribution in [2.75, 3.05) is 37.4 Å². The van der Waals surface area contributed by atoms with Gasteiger partial charge in [-0.25, -0.2) is 4.98 Å². The van der Waals surface area contributed by atoms with Gasteiger partial charge >= 0.3 is 0 Å². The molecule has 3 heterocycles. The predicted molar refractivity (Wildman–Crippen MR) is 86.0 cm³/mol. The largest absolute Gasteiger partial charge is 0.357 e. The van der Waals surface area contributed by atoms with Gasteiger partial charge in [-0.1, -0.05) is 0 Å². The van der Waals surface area contributed by atoms with E-state index in [0.29, 0.717) is 12.5 Å². The molecule has 0 radical (unpaired) electrons. The highest BCUT2D eigenvalue weighted by atomic mass is 32.1. The van der Waals surface area contributed by atoms with Crippen LogP contribution in [0.15, 0.2) is 11.4 Å². The number of likely N-dealkylation sites (N-methyl/N-ethyl adjacent to an activating group) is 1. The van der Waals surface area contributed by atoms with Gasteiger partial charge in [-0.05, 0) is 25.3 Å². The first-order valence-corrected chi connectivity index (χ1v) is 7.79. The van der Waals surface area contributed by atoms with E-state index in [0.717, 1.165) is 22.6 Å². The predicted octanol–water partition coefficient (Wildman–Crippen LogP) is 1.79. The molecule has 2 aromatic rings. The molecular formula is C14H19N5OS. The van der Waals surface area contributed by atoms with Gasteiger partial charge in [0, 0.05) is 27.2 Å². The Morgan fingerprint density at radius 1 is 1.33 bits per heavy atom. The first-order valence-electron chi connectivity index (χ1n) is 6.91. The first kappa shape index (κ1) is 14.1. The third kappa shape index (κ3) is 2.12. The van der Waals surface area contributed by atoms with Crippen molar-refractivity contribution in [2.45, 2.75) is 19.4 Å². The van der Waals surface area contributed by atoms with Crippen molar-refractivity contribution in [3.05, 3.63) is 11.4 Å². The summed E-state index contributed by atoms with van der Waals surface area (Å²) in [5.41, 5.74) is -0.610. The molecule has 7 heteroatoms. The molecule has 1 N–H and O–H groups in total. The number of aromatic nitrogens is 2. The quantitative estimate of drug-likeness (QED) is 0.916. The Hall–Kier alpha value is -1.89. The van der Waals surface area contributed by atoms with Gasteiger partial charge in [0.05, 0.1) is 5.39 Å². The number of nitrogens with one attached hydrogen (secondary N) is 1. The monoisotopic (exact) mass is 305 g/mol. The molecule has 0 atom stereocenters. The summed E-state index contributed by atoms with van der Waals surface area (Å²) in [4.78, 5) is 26.4. The van der Waals surface area contributed by atoms with E-state index in [1.165, 1.54) is 0 Å². The minimum atomic E-state index is -0.610. The van der Waals surface area contributed by atoms with Gasteiger partial charge in [0.2, 0.25) is 11.9 Å². The zero-order valence-electron chi connectivity index (χ0n) is 12.7. The first-order chi connectivity index (χ1) is 9.95. The smallest absolute Gasteiger partial charge is 0.247 e. The van der Waals surface area contributed by atoms with Crippen LogP contribution in [0.4, 0.5) is 11.8 Å². The number of carbonyl (C=O) groups is 1. The van der Waals surface area contributed by atoms with E-state index in [2.05, 4.69) is 20.2 Å². The molecular weight excluding hydrogens is 286 g/mol. The number of anilines is 2. The molecule has 112 valence electrons. The SMILES string of the molecule is CNc1nc(N2CCN(C)C(=O)C2(C)C)c2ccsc2n1. The van der Waals surface area contributed by atoms with Crippen molar-refractivity contribution in [1.29, 1.82) is 0 Å². The third-order valence-corrected chi connectivity index (χ3v) is 4.79. The maximum Gasteiger partial charge on any atom is 0.247 e. The van der Waals surface area contributed by atoms with E-state index < -0.39 is 5.54 Å². The number of hydrogen-bond donors (Lipinski definition) is 1. The van der Waals surface area contributed by atoms with E-state index >= 15 is 0 Å². The second-order valence-corrected chi connectivity index (χ2v) is 6.59. The Balaban J connectivity index is 2.15. The Labute approximate surface area is 127 Å². The normalized spacial score (nSPS) is 18.4. The third-order valence-electron chi connectivity index (χ3n) is 3.99. The molecule has 0 saturated carbocycles. The molecule has 0 bridgehead atoms. The van der Waals surface area contributed by atoms with Crippen LogP contribution in [0.2, 0.25) is 0 Å². The Morgan fingerprint density at radius 2 is 2.10 bits per heavy atom. The number of hydrogen-bond acceptors (Lipinski definition) is 6. The summed E-state index contributed by atoms with van der Waals surface area (Å²) in [5, 5.41) is 6.01. The zero-order valence-corrected chi connectivity index (χ0v) is 13.5.